The lowest BCUT2D eigenvalue weighted by atomic mass is 10.1. The predicted octanol–water partition coefficient (Wildman–Crippen LogP) is 3.40. The Labute approximate surface area is 151 Å². The molecule has 6 heteroatoms. The molecule has 0 fully saturated rings. The van der Waals surface area contributed by atoms with Crippen LogP contribution < -0.4 is 14.2 Å². The maximum Gasteiger partial charge on any atom is 0.211 e. The Morgan fingerprint density at radius 1 is 0.923 bits per heavy atom. The van der Waals surface area contributed by atoms with Crippen LogP contribution in [0.3, 0.4) is 0 Å². The summed E-state index contributed by atoms with van der Waals surface area (Å²) < 4.78 is 15.9. The first-order valence-corrected chi connectivity index (χ1v) is 7.90. The molecule has 3 rings (SSSR count). The standard InChI is InChI=1S/C20H18N2O4/c1-24-17-10-14(11-18(25-2)20(17)26-3)19(23)16-8-4-7-15(22-16)13-6-5-9-21-12-13/h4-12H,1-3H3. The zero-order chi connectivity index (χ0) is 18.5. The molecule has 132 valence electrons. The number of aromatic nitrogens is 2. The lowest BCUT2D eigenvalue weighted by Gasteiger charge is -2.13. The van der Waals surface area contributed by atoms with Gasteiger partial charge in [0, 0.05) is 23.5 Å². The van der Waals surface area contributed by atoms with E-state index in [4.69, 9.17) is 14.2 Å². The van der Waals surface area contributed by atoms with Crippen LogP contribution in [0.1, 0.15) is 16.1 Å². The van der Waals surface area contributed by atoms with Gasteiger partial charge in [-0.3, -0.25) is 9.78 Å². The molecule has 0 saturated carbocycles. The van der Waals surface area contributed by atoms with Crippen LogP contribution in [-0.4, -0.2) is 37.1 Å². The quantitative estimate of drug-likeness (QED) is 0.635. The molecule has 0 spiro atoms. The number of carbonyl (C=O) groups is 1. The van der Waals surface area contributed by atoms with Crippen LogP contribution in [-0.2, 0) is 0 Å². The van der Waals surface area contributed by atoms with Crippen LogP contribution in [0.4, 0.5) is 0 Å². The summed E-state index contributed by atoms with van der Waals surface area (Å²) in [5.41, 5.74) is 2.24. The van der Waals surface area contributed by atoms with Gasteiger partial charge in [0.1, 0.15) is 5.69 Å². The maximum absolute atomic E-state index is 12.9. The number of benzene rings is 1. The van der Waals surface area contributed by atoms with Crippen molar-refractivity contribution in [3.8, 4) is 28.5 Å². The lowest BCUT2D eigenvalue weighted by Crippen LogP contribution is -2.06. The second kappa shape index (κ2) is 7.65. The molecule has 0 aliphatic carbocycles. The van der Waals surface area contributed by atoms with Crippen LogP contribution >= 0.6 is 0 Å². The fourth-order valence-corrected chi connectivity index (χ4v) is 2.60. The lowest BCUT2D eigenvalue weighted by molar-refractivity contribution is 0.103. The van der Waals surface area contributed by atoms with Gasteiger partial charge >= 0.3 is 0 Å². The average molecular weight is 350 g/mol. The van der Waals surface area contributed by atoms with Crippen molar-refractivity contribution in [3.63, 3.8) is 0 Å². The third-order valence-electron chi connectivity index (χ3n) is 3.87. The van der Waals surface area contributed by atoms with Gasteiger partial charge in [0.25, 0.3) is 0 Å². The van der Waals surface area contributed by atoms with Crippen LogP contribution in [0.25, 0.3) is 11.3 Å². The Balaban J connectivity index is 2.02. The number of methoxy groups -OCH3 is 3. The fraction of sp³-hybridized carbons (Fsp3) is 0.150. The molecule has 3 aromatic rings. The largest absolute Gasteiger partial charge is 0.493 e. The van der Waals surface area contributed by atoms with Crippen molar-refractivity contribution >= 4 is 5.78 Å². The Bertz CT molecular complexity index is 901. The zero-order valence-corrected chi connectivity index (χ0v) is 14.7. The number of nitrogens with zero attached hydrogens (tertiary/aromatic N) is 2. The van der Waals surface area contributed by atoms with E-state index >= 15 is 0 Å². The normalized spacial score (nSPS) is 10.3. The van der Waals surface area contributed by atoms with E-state index in [1.165, 1.54) is 21.3 Å². The number of hydrogen-bond donors (Lipinski definition) is 0. The second-order valence-electron chi connectivity index (χ2n) is 5.39. The van der Waals surface area contributed by atoms with Gasteiger partial charge in [0.05, 0.1) is 27.0 Å². The molecule has 0 atom stereocenters. The number of rotatable bonds is 6. The summed E-state index contributed by atoms with van der Waals surface area (Å²) in [6, 6.07) is 12.2. The first-order valence-electron chi connectivity index (χ1n) is 7.90. The maximum atomic E-state index is 12.9. The highest BCUT2D eigenvalue weighted by atomic mass is 16.5. The molecule has 1 aromatic carbocycles. The molecular weight excluding hydrogens is 332 g/mol. The minimum Gasteiger partial charge on any atom is -0.493 e. The number of ketones is 1. The van der Waals surface area contributed by atoms with E-state index < -0.39 is 0 Å². The van der Waals surface area contributed by atoms with Gasteiger partial charge in [-0.15, -0.1) is 0 Å². The predicted molar refractivity (Wildman–Crippen MR) is 97.0 cm³/mol. The molecule has 0 aliphatic heterocycles. The summed E-state index contributed by atoms with van der Waals surface area (Å²) in [6.45, 7) is 0. The monoisotopic (exact) mass is 350 g/mol. The summed E-state index contributed by atoms with van der Waals surface area (Å²) in [6.07, 6.45) is 3.39. The molecular formula is C20H18N2O4. The SMILES string of the molecule is COc1cc(C(=O)c2cccc(-c3cccnc3)n2)cc(OC)c1OC. The highest BCUT2D eigenvalue weighted by Crippen LogP contribution is 2.38. The van der Waals surface area contributed by atoms with Gasteiger partial charge < -0.3 is 14.2 Å². The van der Waals surface area contributed by atoms with E-state index in [2.05, 4.69) is 9.97 Å². The van der Waals surface area contributed by atoms with Crippen LogP contribution in [0, 0.1) is 0 Å². The Hall–Kier alpha value is -3.41. The van der Waals surface area contributed by atoms with Crippen molar-refractivity contribution in [2.45, 2.75) is 0 Å². The summed E-state index contributed by atoms with van der Waals surface area (Å²) >= 11 is 0. The zero-order valence-electron chi connectivity index (χ0n) is 14.7. The molecule has 0 unspecified atom stereocenters. The molecule has 0 bridgehead atoms. The second-order valence-corrected chi connectivity index (χ2v) is 5.39. The molecule has 0 amide bonds. The van der Waals surface area contributed by atoms with Gasteiger partial charge in [-0.05, 0) is 36.4 Å². The molecule has 2 heterocycles. The minimum absolute atomic E-state index is 0.241. The van der Waals surface area contributed by atoms with Crippen molar-refractivity contribution in [3.05, 3.63) is 66.1 Å². The topological polar surface area (TPSA) is 70.5 Å². The van der Waals surface area contributed by atoms with E-state index in [0.29, 0.717) is 34.2 Å². The van der Waals surface area contributed by atoms with Crippen molar-refractivity contribution in [2.24, 2.45) is 0 Å². The summed E-state index contributed by atoms with van der Waals surface area (Å²) in [5, 5.41) is 0. The molecule has 26 heavy (non-hydrogen) atoms. The molecule has 0 saturated heterocycles. The van der Waals surface area contributed by atoms with Crippen LogP contribution in [0.2, 0.25) is 0 Å². The molecule has 0 N–H and O–H groups in total. The third kappa shape index (κ3) is 3.35. The Morgan fingerprint density at radius 2 is 1.65 bits per heavy atom. The van der Waals surface area contributed by atoms with Gasteiger partial charge in [0.2, 0.25) is 11.5 Å². The van der Waals surface area contributed by atoms with E-state index in [9.17, 15) is 4.79 Å². The van der Waals surface area contributed by atoms with Gasteiger partial charge in [-0.1, -0.05) is 6.07 Å². The summed E-state index contributed by atoms with van der Waals surface area (Å²) in [5.74, 6) is 1.02. The number of hydrogen-bond acceptors (Lipinski definition) is 6. The van der Waals surface area contributed by atoms with Crippen LogP contribution in [0.15, 0.2) is 54.9 Å². The number of pyridine rings is 2. The smallest absolute Gasteiger partial charge is 0.211 e. The molecule has 6 nitrogen and oxygen atoms in total. The van der Waals surface area contributed by atoms with Gasteiger partial charge in [-0.2, -0.15) is 0 Å². The van der Waals surface area contributed by atoms with Crippen LogP contribution in [0.5, 0.6) is 17.2 Å². The number of ether oxygens (including phenoxy) is 3. The fourth-order valence-electron chi connectivity index (χ4n) is 2.60. The van der Waals surface area contributed by atoms with E-state index in [1.54, 1.807) is 36.7 Å². The highest BCUT2D eigenvalue weighted by molar-refractivity contribution is 6.08. The van der Waals surface area contributed by atoms with Crippen molar-refractivity contribution in [1.82, 2.24) is 9.97 Å². The molecule has 0 aliphatic rings. The summed E-state index contributed by atoms with van der Waals surface area (Å²) in [4.78, 5) is 21.5. The minimum atomic E-state index is -0.241. The highest BCUT2D eigenvalue weighted by Gasteiger charge is 2.19. The first kappa shape index (κ1) is 17.4. The number of carbonyl (C=O) groups excluding carboxylic acids is 1. The van der Waals surface area contributed by atoms with Gasteiger partial charge in [-0.25, -0.2) is 4.98 Å². The first-order chi connectivity index (χ1) is 12.7. The Kier molecular flexibility index (Phi) is 5.12. The third-order valence-corrected chi connectivity index (χ3v) is 3.87. The van der Waals surface area contributed by atoms with E-state index in [-0.39, 0.29) is 5.78 Å². The van der Waals surface area contributed by atoms with E-state index in [0.717, 1.165) is 5.56 Å². The van der Waals surface area contributed by atoms with Crippen molar-refractivity contribution < 1.29 is 19.0 Å². The summed E-state index contributed by atoms with van der Waals surface area (Å²) in [7, 11) is 4.53. The molecule has 0 radical (unpaired) electrons. The van der Waals surface area contributed by atoms with Gasteiger partial charge in [0.15, 0.2) is 11.5 Å². The van der Waals surface area contributed by atoms with Crippen molar-refractivity contribution in [1.29, 1.82) is 0 Å². The van der Waals surface area contributed by atoms with E-state index in [1.807, 2.05) is 18.2 Å². The Morgan fingerprint density at radius 3 is 2.23 bits per heavy atom. The van der Waals surface area contributed by atoms with Crippen molar-refractivity contribution in [2.75, 3.05) is 21.3 Å². The molecule has 2 aromatic heterocycles. The average Bonchev–Trinajstić information content (AvgIpc) is 2.72.